The van der Waals surface area contributed by atoms with E-state index in [1.165, 1.54) is 0 Å². The maximum absolute atomic E-state index is 12.6. The van der Waals surface area contributed by atoms with Crippen molar-refractivity contribution in [1.29, 1.82) is 0 Å². The second kappa shape index (κ2) is 5.06. The predicted molar refractivity (Wildman–Crippen MR) is 83.4 cm³/mol. The molecule has 23 heavy (non-hydrogen) atoms. The van der Waals surface area contributed by atoms with Crippen LogP contribution in [-0.2, 0) is 14.3 Å². The number of ether oxygens (including phenoxy) is 1. The molecular weight excluding hydrogens is 294 g/mol. The molecule has 0 aliphatic carbocycles. The third-order valence-corrected chi connectivity index (χ3v) is 4.90. The van der Waals surface area contributed by atoms with E-state index in [1.54, 1.807) is 11.0 Å². The number of carbonyl (C=O) groups is 2. The SMILES string of the molecule is O=C(O)[C@H]1[C@H]2C=C[C@@]3(CN(C/C=C/c4ccccc4)C(=O)[C@@H]13)O2. The molecule has 118 valence electrons. The van der Waals surface area contributed by atoms with Gasteiger partial charge in [-0.05, 0) is 5.56 Å². The molecule has 5 nitrogen and oxygen atoms in total. The van der Waals surface area contributed by atoms with E-state index in [4.69, 9.17) is 4.74 Å². The molecule has 4 rings (SSSR count). The van der Waals surface area contributed by atoms with Crippen LogP contribution in [0.3, 0.4) is 0 Å². The molecule has 2 saturated heterocycles. The molecule has 0 saturated carbocycles. The zero-order valence-electron chi connectivity index (χ0n) is 12.5. The highest BCUT2D eigenvalue weighted by Gasteiger charge is 2.66. The Labute approximate surface area is 133 Å². The lowest BCUT2D eigenvalue weighted by atomic mass is 9.77. The molecule has 1 aromatic carbocycles. The minimum Gasteiger partial charge on any atom is -0.481 e. The molecule has 0 radical (unpaired) electrons. The molecule has 3 aliphatic heterocycles. The van der Waals surface area contributed by atoms with Gasteiger partial charge in [0.25, 0.3) is 0 Å². The fraction of sp³-hybridized carbons (Fsp3) is 0.333. The Balaban J connectivity index is 1.51. The van der Waals surface area contributed by atoms with Gasteiger partial charge >= 0.3 is 5.97 Å². The van der Waals surface area contributed by atoms with Crippen molar-refractivity contribution in [3.63, 3.8) is 0 Å². The number of carbonyl (C=O) groups excluding carboxylic acids is 1. The van der Waals surface area contributed by atoms with Crippen LogP contribution in [0.15, 0.2) is 48.6 Å². The third kappa shape index (κ3) is 2.11. The van der Waals surface area contributed by atoms with Crippen LogP contribution in [0.5, 0.6) is 0 Å². The monoisotopic (exact) mass is 311 g/mol. The summed E-state index contributed by atoms with van der Waals surface area (Å²) in [6.45, 7) is 0.882. The molecule has 0 aromatic heterocycles. The van der Waals surface area contributed by atoms with Crippen molar-refractivity contribution >= 4 is 18.0 Å². The molecule has 1 spiro atoms. The predicted octanol–water partition coefficient (Wildman–Crippen LogP) is 1.57. The van der Waals surface area contributed by atoms with Crippen molar-refractivity contribution in [2.75, 3.05) is 13.1 Å². The Morgan fingerprint density at radius 2 is 2.17 bits per heavy atom. The van der Waals surface area contributed by atoms with Crippen molar-refractivity contribution < 1.29 is 19.4 Å². The highest BCUT2D eigenvalue weighted by Crippen LogP contribution is 2.51. The number of aliphatic carboxylic acids is 1. The van der Waals surface area contributed by atoms with Crippen LogP contribution in [-0.4, -0.2) is 46.7 Å². The molecule has 4 atom stereocenters. The standard InChI is InChI=1S/C18H17NO4/c20-16-15-14(17(21)22)13-8-9-18(15,23-13)11-19(16)10-4-7-12-5-2-1-3-6-12/h1-9,13-15H,10-11H2,(H,21,22)/b7-4+/t13-,14+,15-,18+/m1/s1. The average Bonchev–Trinajstić information content (AvgIpc) is 3.17. The summed E-state index contributed by atoms with van der Waals surface area (Å²) in [5.41, 5.74) is 0.323. The van der Waals surface area contributed by atoms with E-state index < -0.39 is 29.5 Å². The summed E-state index contributed by atoms with van der Waals surface area (Å²) >= 11 is 0. The number of benzene rings is 1. The quantitative estimate of drug-likeness (QED) is 0.857. The number of nitrogens with zero attached hydrogens (tertiary/aromatic N) is 1. The number of rotatable bonds is 4. The summed E-state index contributed by atoms with van der Waals surface area (Å²) in [7, 11) is 0. The summed E-state index contributed by atoms with van der Waals surface area (Å²) in [5.74, 6) is -2.45. The Kier molecular flexibility index (Phi) is 3.13. The average molecular weight is 311 g/mol. The van der Waals surface area contributed by atoms with Crippen LogP contribution in [0.2, 0.25) is 0 Å². The first-order valence-electron chi connectivity index (χ1n) is 7.71. The molecule has 1 amide bonds. The van der Waals surface area contributed by atoms with Gasteiger partial charge in [-0.2, -0.15) is 0 Å². The fourth-order valence-electron chi connectivity index (χ4n) is 3.89. The second-order valence-corrected chi connectivity index (χ2v) is 6.27. The number of amides is 1. The zero-order chi connectivity index (χ0) is 16.0. The van der Waals surface area contributed by atoms with Crippen molar-refractivity contribution in [2.45, 2.75) is 11.7 Å². The number of hydrogen-bond donors (Lipinski definition) is 1. The van der Waals surface area contributed by atoms with Gasteiger partial charge in [-0.15, -0.1) is 0 Å². The van der Waals surface area contributed by atoms with Crippen LogP contribution in [0, 0.1) is 11.8 Å². The van der Waals surface area contributed by atoms with E-state index in [9.17, 15) is 14.7 Å². The third-order valence-electron chi connectivity index (χ3n) is 4.90. The van der Waals surface area contributed by atoms with Crippen LogP contribution >= 0.6 is 0 Å². The normalized spacial score (nSPS) is 34.5. The van der Waals surface area contributed by atoms with E-state index >= 15 is 0 Å². The molecule has 3 aliphatic rings. The largest absolute Gasteiger partial charge is 0.481 e. The van der Waals surface area contributed by atoms with Crippen LogP contribution in [0.25, 0.3) is 6.08 Å². The van der Waals surface area contributed by atoms with E-state index in [0.29, 0.717) is 13.1 Å². The Morgan fingerprint density at radius 3 is 2.91 bits per heavy atom. The van der Waals surface area contributed by atoms with Gasteiger partial charge in [0.05, 0.1) is 18.6 Å². The lowest BCUT2D eigenvalue weighted by Gasteiger charge is -2.21. The summed E-state index contributed by atoms with van der Waals surface area (Å²) in [5, 5.41) is 9.41. The van der Waals surface area contributed by atoms with Gasteiger partial charge in [0.1, 0.15) is 11.5 Å². The molecule has 3 heterocycles. The van der Waals surface area contributed by atoms with E-state index in [2.05, 4.69) is 0 Å². The van der Waals surface area contributed by atoms with Gasteiger partial charge in [0.2, 0.25) is 5.91 Å². The molecule has 1 N–H and O–H groups in total. The van der Waals surface area contributed by atoms with Gasteiger partial charge in [-0.25, -0.2) is 0 Å². The van der Waals surface area contributed by atoms with Crippen molar-refractivity contribution in [1.82, 2.24) is 4.90 Å². The first-order chi connectivity index (χ1) is 11.1. The summed E-state index contributed by atoms with van der Waals surface area (Å²) in [6, 6.07) is 9.85. The first kappa shape index (κ1) is 14.2. The van der Waals surface area contributed by atoms with E-state index in [0.717, 1.165) is 5.56 Å². The maximum atomic E-state index is 12.6. The van der Waals surface area contributed by atoms with Crippen molar-refractivity contribution in [3.05, 3.63) is 54.1 Å². The lowest BCUT2D eigenvalue weighted by Crippen LogP contribution is -2.39. The van der Waals surface area contributed by atoms with E-state index in [-0.39, 0.29) is 5.91 Å². The van der Waals surface area contributed by atoms with Crippen molar-refractivity contribution in [3.8, 4) is 0 Å². The van der Waals surface area contributed by atoms with Gasteiger partial charge < -0.3 is 14.7 Å². The van der Waals surface area contributed by atoms with Crippen molar-refractivity contribution in [2.24, 2.45) is 11.8 Å². The molecular formula is C18H17NO4. The first-order valence-corrected chi connectivity index (χ1v) is 7.71. The van der Waals surface area contributed by atoms with E-state index in [1.807, 2.05) is 48.6 Å². The fourth-order valence-corrected chi connectivity index (χ4v) is 3.89. The molecule has 2 fully saturated rings. The van der Waals surface area contributed by atoms with Gasteiger partial charge in [-0.3, -0.25) is 9.59 Å². The topological polar surface area (TPSA) is 66.8 Å². The Bertz CT molecular complexity index is 711. The Hall–Kier alpha value is -2.40. The molecule has 0 unspecified atom stereocenters. The lowest BCUT2D eigenvalue weighted by molar-refractivity contribution is -0.147. The van der Waals surface area contributed by atoms with Crippen LogP contribution in [0.4, 0.5) is 0 Å². The minimum atomic E-state index is -0.957. The summed E-state index contributed by atoms with van der Waals surface area (Å²) < 4.78 is 5.84. The number of fused-ring (bicyclic) bond motifs is 1. The zero-order valence-corrected chi connectivity index (χ0v) is 12.5. The van der Waals surface area contributed by atoms with Crippen LogP contribution < -0.4 is 0 Å². The molecule has 1 aromatic rings. The second-order valence-electron chi connectivity index (χ2n) is 6.27. The molecule has 5 heteroatoms. The number of hydrogen-bond acceptors (Lipinski definition) is 3. The summed E-state index contributed by atoms with van der Waals surface area (Å²) in [4.78, 5) is 25.8. The number of likely N-dealkylation sites (tertiary alicyclic amines) is 1. The summed E-state index contributed by atoms with van der Waals surface area (Å²) in [6.07, 6.45) is 7.08. The van der Waals surface area contributed by atoms with Gasteiger partial charge in [-0.1, -0.05) is 54.6 Å². The maximum Gasteiger partial charge on any atom is 0.310 e. The van der Waals surface area contributed by atoms with Gasteiger partial charge in [0.15, 0.2) is 0 Å². The number of carboxylic acids is 1. The van der Waals surface area contributed by atoms with Crippen LogP contribution in [0.1, 0.15) is 5.56 Å². The minimum absolute atomic E-state index is 0.123. The Morgan fingerprint density at radius 1 is 1.39 bits per heavy atom. The molecule has 2 bridgehead atoms. The van der Waals surface area contributed by atoms with Gasteiger partial charge in [0, 0.05) is 6.54 Å². The number of carboxylic acid groups (broad SMARTS) is 1. The highest BCUT2D eigenvalue weighted by molar-refractivity contribution is 5.90. The smallest absolute Gasteiger partial charge is 0.310 e. The highest BCUT2D eigenvalue weighted by atomic mass is 16.5.